The van der Waals surface area contributed by atoms with Crippen LogP contribution in [0, 0.1) is 11.8 Å². The van der Waals surface area contributed by atoms with Crippen LogP contribution in [0.4, 0.5) is 0 Å². The molecule has 0 radical (unpaired) electrons. The number of carbonyl (C=O) groups is 1. The van der Waals surface area contributed by atoms with Gasteiger partial charge in [0.2, 0.25) is 5.91 Å². The van der Waals surface area contributed by atoms with Gasteiger partial charge in [0.15, 0.2) is 0 Å². The van der Waals surface area contributed by atoms with E-state index in [1.165, 1.54) is 12.8 Å². The van der Waals surface area contributed by atoms with Gasteiger partial charge in [-0.15, -0.1) is 0 Å². The topological polar surface area (TPSA) is 41.4 Å². The van der Waals surface area contributed by atoms with Crippen LogP contribution in [0.2, 0.25) is 5.15 Å². The van der Waals surface area contributed by atoms with Crippen LogP contribution in [0.5, 0.6) is 0 Å². The largest absolute Gasteiger partial charge is 0.341 e. The molecule has 1 amide bonds. The van der Waals surface area contributed by atoms with Crippen molar-refractivity contribution in [2.75, 3.05) is 26.2 Å². The SMILES string of the molecule is CC(CC(=O)N1CCCN(Cc2ncc(Cl)n2C)CC1)C1CC1. The highest BCUT2D eigenvalue weighted by Crippen LogP contribution is 2.38. The monoisotopic (exact) mass is 338 g/mol. The van der Waals surface area contributed by atoms with Crippen LogP contribution in [0.15, 0.2) is 6.20 Å². The van der Waals surface area contributed by atoms with Gasteiger partial charge in [0, 0.05) is 39.6 Å². The highest BCUT2D eigenvalue weighted by Gasteiger charge is 2.30. The molecule has 0 bridgehead atoms. The summed E-state index contributed by atoms with van der Waals surface area (Å²) in [6.07, 6.45) is 6.08. The summed E-state index contributed by atoms with van der Waals surface area (Å²) in [6.45, 7) is 6.65. The molecule has 6 heteroatoms. The number of aromatic nitrogens is 2. The van der Waals surface area contributed by atoms with Crippen LogP contribution < -0.4 is 0 Å². The van der Waals surface area contributed by atoms with Crippen molar-refractivity contribution < 1.29 is 4.79 Å². The summed E-state index contributed by atoms with van der Waals surface area (Å²) in [6, 6.07) is 0. The summed E-state index contributed by atoms with van der Waals surface area (Å²) < 4.78 is 1.92. The predicted molar refractivity (Wildman–Crippen MR) is 91.2 cm³/mol. The fourth-order valence-corrected chi connectivity index (χ4v) is 3.53. The number of carbonyl (C=O) groups excluding carboxylic acids is 1. The molecule has 23 heavy (non-hydrogen) atoms. The molecule has 128 valence electrons. The molecule has 3 rings (SSSR count). The van der Waals surface area contributed by atoms with Crippen LogP contribution in [-0.2, 0) is 18.4 Å². The molecule has 1 atom stereocenters. The molecule has 5 nitrogen and oxygen atoms in total. The lowest BCUT2D eigenvalue weighted by molar-refractivity contribution is -0.132. The van der Waals surface area contributed by atoms with Crippen LogP contribution >= 0.6 is 11.6 Å². The van der Waals surface area contributed by atoms with Crippen molar-refractivity contribution in [2.24, 2.45) is 18.9 Å². The predicted octanol–water partition coefficient (Wildman–Crippen LogP) is 2.54. The van der Waals surface area contributed by atoms with E-state index in [2.05, 4.69) is 21.7 Å². The van der Waals surface area contributed by atoms with Crippen LogP contribution in [-0.4, -0.2) is 51.4 Å². The normalized spacial score (nSPS) is 21.3. The Morgan fingerprint density at radius 1 is 1.35 bits per heavy atom. The lowest BCUT2D eigenvalue weighted by atomic mass is 10.0. The van der Waals surface area contributed by atoms with E-state index in [9.17, 15) is 4.79 Å². The van der Waals surface area contributed by atoms with Gasteiger partial charge in [-0.2, -0.15) is 0 Å². The fourth-order valence-electron chi connectivity index (χ4n) is 3.39. The molecule has 2 aliphatic rings. The zero-order valence-corrected chi connectivity index (χ0v) is 14.9. The Hall–Kier alpha value is -1.07. The third-order valence-electron chi connectivity index (χ3n) is 5.26. The van der Waals surface area contributed by atoms with E-state index in [0.717, 1.165) is 57.3 Å². The average Bonchev–Trinajstić information content (AvgIpc) is 3.33. The summed E-state index contributed by atoms with van der Waals surface area (Å²) >= 11 is 6.05. The molecule has 1 aromatic rings. The molecule has 1 aliphatic heterocycles. The van der Waals surface area contributed by atoms with Gasteiger partial charge in [-0.25, -0.2) is 4.98 Å². The van der Waals surface area contributed by atoms with Gasteiger partial charge in [0.05, 0.1) is 12.7 Å². The molecule has 2 fully saturated rings. The first-order chi connectivity index (χ1) is 11.0. The number of halogens is 1. The summed E-state index contributed by atoms with van der Waals surface area (Å²) in [5.41, 5.74) is 0. The second-order valence-electron chi connectivity index (χ2n) is 7.09. The Morgan fingerprint density at radius 2 is 2.13 bits per heavy atom. The maximum atomic E-state index is 12.5. The summed E-state index contributed by atoms with van der Waals surface area (Å²) in [5.74, 6) is 2.68. The quantitative estimate of drug-likeness (QED) is 0.828. The molecule has 1 aromatic heterocycles. The van der Waals surface area contributed by atoms with E-state index >= 15 is 0 Å². The van der Waals surface area contributed by atoms with Gasteiger partial charge in [-0.1, -0.05) is 18.5 Å². The molecule has 0 aromatic carbocycles. The third kappa shape index (κ3) is 4.27. The number of imidazole rings is 1. The van der Waals surface area contributed by atoms with Crippen molar-refractivity contribution in [3.05, 3.63) is 17.2 Å². The lowest BCUT2D eigenvalue weighted by Gasteiger charge is -2.23. The maximum Gasteiger partial charge on any atom is 0.222 e. The van der Waals surface area contributed by atoms with Crippen molar-refractivity contribution in [1.82, 2.24) is 19.4 Å². The molecule has 0 spiro atoms. The van der Waals surface area contributed by atoms with Gasteiger partial charge < -0.3 is 9.47 Å². The number of hydrogen-bond acceptors (Lipinski definition) is 3. The Kier molecular flexibility index (Phi) is 5.27. The van der Waals surface area contributed by atoms with E-state index in [4.69, 9.17) is 11.6 Å². The first-order valence-electron chi connectivity index (χ1n) is 8.71. The highest BCUT2D eigenvalue weighted by molar-refractivity contribution is 6.29. The summed E-state index contributed by atoms with van der Waals surface area (Å²) in [4.78, 5) is 21.3. The van der Waals surface area contributed by atoms with Crippen molar-refractivity contribution in [3.63, 3.8) is 0 Å². The lowest BCUT2D eigenvalue weighted by Crippen LogP contribution is -2.36. The molecular weight excluding hydrogens is 312 g/mol. The first kappa shape index (κ1) is 16.8. The molecular formula is C17H27ClN4O. The van der Waals surface area contributed by atoms with Gasteiger partial charge in [-0.3, -0.25) is 9.69 Å². The molecule has 2 heterocycles. The van der Waals surface area contributed by atoms with Crippen molar-refractivity contribution in [2.45, 2.75) is 39.2 Å². The van der Waals surface area contributed by atoms with E-state index in [1.807, 2.05) is 11.6 Å². The number of nitrogens with zero attached hydrogens (tertiary/aromatic N) is 4. The van der Waals surface area contributed by atoms with Crippen molar-refractivity contribution in [1.29, 1.82) is 0 Å². The van der Waals surface area contributed by atoms with Crippen LogP contribution in [0.3, 0.4) is 0 Å². The standard InChI is InChI=1S/C17H27ClN4O/c1-13(14-4-5-14)10-17(23)22-7-3-6-21(8-9-22)12-16-19-11-15(18)20(16)2/h11,13-14H,3-10,12H2,1-2H3. The minimum absolute atomic E-state index is 0.339. The summed E-state index contributed by atoms with van der Waals surface area (Å²) in [7, 11) is 1.94. The zero-order valence-electron chi connectivity index (χ0n) is 14.2. The Balaban J connectivity index is 1.50. The molecule has 1 aliphatic carbocycles. The second-order valence-corrected chi connectivity index (χ2v) is 7.47. The number of rotatable bonds is 5. The Bertz CT molecular complexity index is 555. The van der Waals surface area contributed by atoms with Crippen LogP contribution in [0.1, 0.15) is 38.4 Å². The van der Waals surface area contributed by atoms with Gasteiger partial charge in [-0.05, 0) is 31.1 Å². The van der Waals surface area contributed by atoms with Crippen molar-refractivity contribution >= 4 is 17.5 Å². The smallest absolute Gasteiger partial charge is 0.222 e. The first-order valence-corrected chi connectivity index (χ1v) is 9.08. The maximum absolute atomic E-state index is 12.5. The van der Waals surface area contributed by atoms with Gasteiger partial charge in [0.1, 0.15) is 11.0 Å². The fraction of sp³-hybridized carbons (Fsp3) is 0.765. The number of hydrogen-bond donors (Lipinski definition) is 0. The second kappa shape index (κ2) is 7.22. The van der Waals surface area contributed by atoms with Gasteiger partial charge in [0.25, 0.3) is 0 Å². The van der Waals surface area contributed by atoms with Crippen LogP contribution in [0.25, 0.3) is 0 Å². The minimum Gasteiger partial charge on any atom is -0.341 e. The highest BCUT2D eigenvalue weighted by atomic mass is 35.5. The Morgan fingerprint density at radius 3 is 2.78 bits per heavy atom. The van der Waals surface area contributed by atoms with E-state index < -0.39 is 0 Å². The van der Waals surface area contributed by atoms with Crippen molar-refractivity contribution in [3.8, 4) is 0 Å². The zero-order chi connectivity index (χ0) is 16.4. The number of amides is 1. The van der Waals surface area contributed by atoms with E-state index in [1.54, 1.807) is 6.20 Å². The van der Waals surface area contributed by atoms with E-state index in [0.29, 0.717) is 17.0 Å². The van der Waals surface area contributed by atoms with Gasteiger partial charge >= 0.3 is 0 Å². The molecule has 1 unspecified atom stereocenters. The third-order valence-corrected chi connectivity index (χ3v) is 5.61. The molecule has 1 saturated carbocycles. The molecule has 0 N–H and O–H groups in total. The average molecular weight is 339 g/mol. The summed E-state index contributed by atoms with van der Waals surface area (Å²) in [5, 5.41) is 0.667. The minimum atomic E-state index is 0.339. The Labute approximate surface area is 143 Å². The van der Waals surface area contributed by atoms with E-state index in [-0.39, 0.29) is 0 Å². The molecule has 1 saturated heterocycles.